The van der Waals surface area contributed by atoms with Gasteiger partial charge in [0.2, 0.25) is 11.0 Å². The number of thioether (sulfide) groups is 1. The van der Waals surface area contributed by atoms with E-state index in [4.69, 9.17) is 0 Å². The molecule has 0 N–H and O–H groups in total. The number of aromatic nitrogens is 3. The number of carbonyl (C=O) groups excluding carboxylic acids is 2. The highest BCUT2D eigenvalue weighted by atomic mass is 32.2. The second-order valence-corrected chi connectivity index (χ2v) is 10.9. The second kappa shape index (κ2) is 10.2. The van der Waals surface area contributed by atoms with Crippen molar-refractivity contribution in [3.05, 3.63) is 33.5 Å². The van der Waals surface area contributed by atoms with E-state index in [1.165, 1.54) is 49.3 Å². The number of rotatable bonds is 5. The van der Waals surface area contributed by atoms with E-state index < -0.39 is 11.9 Å². The predicted molar refractivity (Wildman–Crippen MR) is 121 cm³/mol. The lowest BCUT2D eigenvalue weighted by Gasteiger charge is -2.31. The van der Waals surface area contributed by atoms with Gasteiger partial charge in [-0.3, -0.25) is 14.3 Å². The summed E-state index contributed by atoms with van der Waals surface area (Å²) in [5.41, 5.74) is -0.155. The number of carbonyl (C=O) groups is 2. The molecule has 1 aliphatic heterocycles. The standard InChI is InChI=1S/C22H27F3N4O2S2/c1-14-11-18(22(23,24)25)27-29(14)12-19(30)28-9-7-15(8-10-28)20-26-17(13-32-20)21(31)33-16-5-3-2-4-6-16/h11,13,15-16H,2-10,12H2,1H3. The Morgan fingerprint density at radius 1 is 1.15 bits per heavy atom. The number of amides is 1. The van der Waals surface area contributed by atoms with Gasteiger partial charge in [-0.15, -0.1) is 11.3 Å². The summed E-state index contributed by atoms with van der Waals surface area (Å²) in [6.07, 6.45) is 2.72. The number of thiazole rings is 1. The molecule has 2 aromatic heterocycles. The van der Waals surface area contributed by atoms with Gasteiger partial charge in [-0.1, -0.05) is 31.0 Å². The molecule has 4 rings (SSSR count). The number of alkyl halides is 3. The SMILES string of the molecule is Cc1cc(C(F)(F)F)nn1CC(=O)N1CCC(c2nc(C(=O)SC3CCCCC3)cs2)CC1. The maximum absolute atomic E-state index is 12.8. The Balaban J connectivity index is 1.29. The Hall–Kier alpha value is -1.88. The summed E-state index contributed by atoms with van der Waals surface area (Å²) in [6, 6.07) is 0.952. The summed E-state index contributed by atoms with van der Waals surface area (Å²) in [6.45, 7) is 2.32. The summed E-state index contributed by atoms with van der Waals surface area (Å²) < 4.78 is 39.7. The van der Waals surface area contributed by atoms with Crippen molar-refractivity contribution in [2.45, 2.75) is 75.8 Å². The lowest BCUT2D eigenvalue weighted by molar-refractivity contribution is -0.142. The molecule has 2 fully saturated rings. The second-order valence-electron chi connectivity index (χ2n) is 8.72. The number of piperidine rings is 1. The zero-order valence-corrected chi connectivity index (χ0v) is 20.1. The first-order valence-electron chi connectivity index (χ1n) is 11.3. The van der Waals surface area contributed by atoms with Crippen molar-refractivity contribution in [1.82, 2.24) is 19.7 Å². The highest BCUT2D eigenvalue weighted by Crippen LogP contribution is 2.34. The molecule has 0 radical (unpaired) electrons. The van der Waals surface area contributed by atoms with Crippen LogP contribution in [-0.4, -0.2) is 49.0 Å². The fourth-order valence-corrected chi connectivity index (χ4v) is 6.52. The fraction of sp³-hybridized carbons (Fsp3) is 0.636. The van der Waals surface area contributed by atoms with E-state index in [2.05, 4.69) is 10.1 Å². The van der Waals surface area contributed by atoms with Gasteiger partial charge < -0.3 is 4.90 Å². The van der Waals surface area contributed by atoms with Crippen LogP contribution in [0.1, 0.15) is 77.7 Å². The zero-order valence-electron chi connectivity index (χ0n) is 18.4. The summed E-state index contributed by atoms with van der Waals surface area (Å²) in [5.74, 6) is -0.0594. The molecule has 0 spiro atoms. The normalized spacial score (nSPS) is 18.6. The Kier molecular flexibility index (Phi) is 7.47. The summed E-state index contributed by atoms with van der Waals surface area (Å²) in [7, 11) is 0. The van der Waals surface area contributed by atoms with E-state index in [9.17, 15) is 22.8 Å². The quantitative estimate of drug-likeness (QED) is 0.559. The van der Waals surface area contributed by atoms with E-state index in [-0.39, 0.29) is 23.5 Å². The first-order chi connectivity index (χ1) is 15.7. The number of nitrogens with zero attached hydrogens (tertiary/aromatic N) is 4. The van der Waals surface area contributed by atoms with Crippen molar-refractivity contribution in [3.63, 3.8) is 0 Å². The summed E-state index contributed by atoms with van der Waals surface area (Å²) >= 11 is 2.91. The molecule has 180 valence electrons. The molecular weight excluding hydrogens is 473 g/mol. The zero-order chi connectivity index (χ0) is 23.6. The van der Waals surface area contributed by atoms with Crippen LogP contribution in [-0.2, 0) is 17.5 Å². The minimum atomic E-state index is -4.53. The number of likely N-dealkylation sites (tertiary alicyclic amines) is 1. The molecule has 1 amide bonds. The van der Waals surface area contributed by atoms with Gasteiger partial charge >= 0.3 is 6.18 Å². The van der Waals surface area contributed by atoms with Crippen LogP contribution in [0.4, 0.5) is 13.2 Å². The molecule has 33 heavy (non-hydrogen) atoms. The van der Waals surface area contributed by atoms with Crippen LogP contribution in [0.5, 0.6) is 0 Å². The summed E-state index contributed by atoms with van der Waals surface area (Å²) in [4.78, 5) is 31.5. The minimum Gasteiger partial charge on any atom is -0.341 e. The minimum absolute atomic E-state index is 0.0461. The third-order valence-corrected chi connectivity index (χ3v) is 8.55. The highest BCUT2D eigenvalue weighted by molar-refractivity contribution is 8.14. The van der Waals surface area contributed by atoms with Gasteiger partial charge in [0.15, 0.2) is 5.69 Å². The highest BCUT2D eigenvalue weighted by Gasteiger charge is 2.35. The van der Waals surface area contributed by atoms with Crippen molar-refractivity contribution in [2.75, 3.05) is 13.1 Å². The number of aryl methyl sites for hydroxylation is 1. The molecule has 0 bridgehead atoms. The van der Waals surface area contributed by atoms with Crippen molar-refractivity contribution in [2.24, 2.45) is 0 Å². The number of hydrogen-bond donors (Lipinski definition) is 0. The van der Waals surface area contributed by atoms with Crippen molar-refractivity contribution in [3.8, 4) is 0 Å². The molecule has 2 aliphatic rings. The molecular formula is C22H27F3N4O2S2. The monoisotopic (exact) mass is 500 g/mol. The van der Waals surface area contributed by atoms with E-state index in [1.807, 2.05) is 5.38 Å². The van der Waals surface area contributed by atoms with Crippen molar-refractivity contribution < 1.29 is 22.8 Å². The predicted octanol–water partition coefficient (Wildman–Crippen LogP) is 5.28. The van der Waals surface area contributed by atoms with Crippen LogP contribution < -0.4 is 0 Å². The largest absolute Gasteiger partial charge is 0.435 e. The van der Waals surface area contributed by atoms with Crippen molar-refractivity contribution >= 4 is 34.1 Å². The molecule has 6 nitrogen and oxygen atoms in total. The van der Waals surface area contributed by atoms with E-state index >= 15 is 0 Å². The third kappa shape index (κ3) is 5.98. The molecule has 3 heterocycles. The van der Waals surface area contributed by atoms with Gasteiger partial charge in [0.05, 0.1) is 5.01 Å². The molecule has 1 saturated carbocycles. The molecule has 0 atom stereocenters. The molecule has 0 aromatic carbocycles. The van der Waals surface area contributed by atoms with E-state index in [0.29, 0.717) is 42.6 Å². The van der Waals surface area contributed by atoms with Gasteiger partial charge in [0.25, 0.3) is 0 Å². The molecule has 1 aliphatic carbocycles. The first-order valence-corrected chi connectivity index (χ1v) is 13.0. The van der Waals surface area contributed by atoms with Crippen LogP contribution in [0.3, 0.4) is 0 Å². The van der Waals surface area contributed by atoms with Crippen LogP contribution in [0.15, 0.2) is 11.4 Å². The van der Waals surface area contributed by atoms with Gasteiger partial charge in [0.1, 0.15) is 12.2 Å². The van der Waals surface area contributed by atoms with Gasteiger partial charge in [-0.2, -0.15) is 18.3 Å². The number of hydrogen-bond acceptors (Lipinski definition) is 6. The summed E-state index contributed by atoms with van der Waals surface area (Å²) in [5, 5.41) is 6.75. The first kappa shape index (κ1) is 24.3. The van der Waals surface area contributed by atoms with E-state index in [1.54, 1.807) is 4.90 Å². The number of halogens is 3. The van der Waals surface area contributed by atoms with Crippen LogP contribution in [0.25, 0.3) is 0 Å². The smallest absolute Gasteiger partial charge is 0.341 e. The lowest BCUT2D eigenvalue weighted by atomic mass is 9.97. The maximum atomic E-state index is 12.8. The van der Waals surface area contributed by atoms with Crippen LogP contribution in [0.2, 0.25) is 0 Å². The average molecular weight is 501 g/mol. The Bertz CT molecular complexity index is 990. The Labute approximate surface area is 198 Å². The van der Waals surface area contributed by atoms with Crippen molar-refractivity contribution in [1.29, 1.82) is 0 Å². The van der Waals surface area contributed by atoms with Crippen LogP contribution in [0, 0.1) is 6.92 Å². The maximum Gasteiger partial charge on any atom is 0.435 e. The van der Waals surface area contributed by atoms with Gasteiger partial charge in [-0.05, 0) is 38.7 Å². The van der Waals surface area contributed by atoms with E-state index in [0.717, 1.165) is 28.6 Å². The molecule has 11 heteroatoms. The Morgan fingerprint density at radius 3 is 2.48 bits per heavy atom. The molecule has 2 aromatic rings. The van der Waals surface area contributed by atoms with Gasteiger partial charge in [0, 0.05) is 35.3 Å². The third-order valence-electron chi connectivity index (χ3n) is 6.31. The average Bonchev–Trinajstić information content (AvgIpc) is 3.42. The Morgan fingerprint density at radius 2 is 1.85 bits per heavy atom. The molecule has 0 unspecified atom stereocenters. The van der Waals surface area contributed by atoms with Gasteiger partial charge in [-0.25, -0.2) is 4.98 Å². The molecule has 1 saturated heterocycles. The lowest BCUT2D eigenvalue weighted by Crippen LogP contribution is -2.40. The van der Waals surface area contributed by atoms with Crippen LogP contribution >= 0.6 is 23.1 Å². The fourth-order valence-electron chi connectivity index (χ4n) is 4.38. The topological polar surface area (TPSA) is 68.1 Å².